The third-order valence-corrected chi connectivity index (χ3v) is 7.81. The normalized spacial score (nSPS) is 20.8. The van der Waals surface area contributed by atoms with Gasteiger partial charge in [-0.15, -0.1) is 0 Å². The molecular weight excluding hydrogens is 519 g/mol. The minimum atomic E-state index is -4.58. The highest BCUT2D eigenvalue weighted by Crippen LogP contribution is 2.36. The summed E-state index contributed by atoms with van der Waals surface area (Å²) in [6.07, 6.45) is -2.81. The molecule has 196 valence electrons. The van der Waals surface area contributed by atoms with Crippen LogP contribution in [0.5, 0.6) is 0 Å². The number of nitrogens with zero attached hydrogens (tertiary/aromatic N) is 4. The molecule has 7 nitrogen and oxygen atoms in total. The summed E-state index contributed by atoms with van der Waals surface area (Å²) < 4.78 is 93.4. The van der Waals surface area contributed by atoms with Gasteiger partial charge in [0.1, 0.15) is 23.5 Å². The highest BCUT2D eigenvalue weighted by Gasteiger charge is 2.49. The fourth-order valence-corrected chi connectivity index (χ4v) is 5.81. The van der Waals surface area contributed by atoms with E-state index in [0.29, 0.717) is 11.3 Å². The largest absolute Gasteiger partial charge is 0.433 e. The van der Waals surface area contributed by atoms with Crippen molar-refractivity contribution in [3.63, 3.8) is 0 Å². The molecule has 0 bridgehead atoms. The number of sulfonamides is 1. The summed E-state index contributed by atoms with van der Waals surface area (Å²) >= 11 is 0. The van der Waals surface area contributed by atoms with Crippen LogP contribution in [-0.4, -0.2) is 51.7 Å². The summed E-state index contributed by atoms with van der Waals surface area (Å²) in [5, 5.41) is 0. The molecule has 1 aliphatic heterocycles. The van der Waals surface area contributed by atoms with Crippen molar-refractivity contribution in [2.24, 2.45) is 0 Å². The standard InChI is InChI=1S/C24H21F5N4O3S/c1-23(26)11-20(33(13-23)37(35,36)18-6-3-16(25)4-7-18)21(34)8-5-17-10-19(32-14-31-17)15-2-9-22(30-12-15)24(27,28)29/h2-4,6-7,9-10,12,14,20H,5,8,11,13H2,1H3/t20-,23?/m0/s1. The maximum absolute atomic E-state index is 14.9. The molecule has 0 aliphatic carbocycles. The fraction of sp³-hybridized carbons (Fsp3) is 0.333. The lowest BCUT2D eigenvalue weighted by Crippen LogP contribution is -2.41. The number of carbonyl (C=O) groups is 1. The number of halogens is 5. The predicted octanol–water partition coefficient (Wildman–Crippen LogP) is 4.39. The average Bonchev–Trinajstić information content (AvgIpc) is 3.19. The molecule has 3 heterocycles. The molecule has 1 unspecified atom stereocenters. The van der Waals surface area contributed by atoms with Gasteiger partial charge in [0, 0.05) is 36.8 Å². The van der Waals surface area contributed by atoms with Crippen molar-refractivity contribution < 1.29 is 35.2 Å². The van der Waals surface area contributed by atoms with E-state index >= 15 is 0 Å². The second-order valence-electron chi connectivity index (χ2n) is 8.93. The third-order valence-electron chi connectivity index (χ3n) is 5.94. The van der Waals surface area contributed by atoms with Crippen molar-refractivity contribution in [2.45, 2.75) is 49.0 Å². The topological polar surface area (TPSA) is 93.1 Å². The Hall–Kier alpha value is -3.32. The van der Waals surface area contributed by atoms with Gasteiger partial charge in [-0.2, -0.15) is 17.5 Å². The minimum Gasteiger partial charge on any atom is -0.298 e. The predicted molar refractivity (Wildman–Crippen MR) is 122 cm³/mol. The van der Waals surface area contributed by atoms with E-state index in [4.69, 9.17) is 0 Å². The van der Waals surface area contributed by atoms with E-state index in [0.717, 1.165) is 40.8 Å². The highest BCUT2D eigenvalue weighted by atomic mass is 32.2. The van der Waals surface area contributed by atoms with Gasteiger partial charge < -0.3 is 0 Å². The van der Waals surface area contributed by atoms with E-state index in [1.54, 1.807) is 0 Å². The zero-order chi connectivity index (χ0) is 27.0. The Bertz CT molecular complexity index is 1400. The number of Topliss-reactive ketones (excluding diaryl/α,β-unsaturated/α-hetero) is 1. The van der Waals surface area contributed by atoms with Crippen LogP contribution in [0.4, 0.5) is 22.0 Å². The molecule has 0 N–H and O–H groups in total. The first-order valence-corrected chi connectivity index (χ1v) is 12.5. The molecular formula is C24H21F5N4O3S. The number of ketones is 1. The van der Waals surface area contributed by atoms with Crippen molar-refractivity contribution in [3.8, 4) is 11.3 Å². The Labute approximate surface area is 209 Å². The minimum absolute atomic E-state index is 0.0619. The van der Waals surface area contributed by atoms with Gasteiger partial charge in [0.05, 0.1) is 16.6 Å². The molecule has 13 heteroatoms. The summed E-state index contributed by atoms with van der Waals surface area (Å²) in [6.45, 7) is 0.684. The SMILES string of the molecule is CC1(F)C[C@@H](C(=O)CCc2cc(-c3ccc(C(F)(F)F)nc3)ncn2)N(S(=O)(=O)c2ccc(F)cc2)C1. The second kappa shape index (κ2) is 9.86. The molecule has 0 saturated carbocycles. The average molecular weight is 541 g/mol. The number of hydrogen-bond acceptors (Lipinski definition) is 6. The number of benzene rings is 1. The van der Waals surface area contributed by atoms with Crippen molar-refractivity contribution in [3.05, 3.63) is 72.2 Å². The van der Waals surface area contributed by atoms with E-state index in [9.17, 15) is 35.2 Å². The maximum Gasteiger partial charge on any atom is 0.433 e. The van der Waals surface area contributed by atoms with Crippen LogP contribution in [0.2, 0.25) is 0 Å². The Morgan fingerprint density at radius 1 is 1.11 bits per heavy atom. The van der Waals surface area contributed by atoms with E-state index < -0.39 is 51.7 Å². The van der Waals surface area contributed by atoms with Crippen LogP contribution < -0.4 is 0 Å². The Morgan fingerprint density at radius 3 is 2.43 bits per heavy atom. The number of pyridine rings is 1. The zero-order valence-electron chi connectivity index (χ0n) is 19.4. The number of alkyl halides is 4. The third kappa shape index (κ3) is 5.99. The molecule has 1 saturated heterocycles. The summed E-state index contributed by atoms with van der Waals surface area (Å²) in [5.74, 6) is -1.16. The molecule has 37 heavy (non-hydrogen) atoms. The van der Waals surface area contributed by atoms with Gasteiger partial charge in [-0.05, 0) is 55.8 Å². The molecule has 3 aromatic rings. The van der Waals surface area contributed by atoms with Crippen LogP contribution in [0.15, 0.2) is 59.9 Å². The van der Waals surface area contributed by atoms with Crippen molar-refractivity contribution in [1.82, 2.24) is 19.3 Å². The number of hydrogen-bond donors (Lipinski definition) is 0. The van der Waals surface area contributed by atoms with Gasteiger partial charge in [0.25, 0.3) is 0 Å². The molecule has 1 fully saturated rings. The van der Waals surface area contributed by atoms with Crippen molar-refractivity contribution in [2.75, 3.05) is 6.54 Å². The van der Waals surface area contributed by atoms with Gasteiger partial charge >= 0.3 is 6.18 Å². The lowest BCUT2D eigenvalue weighted by Gasteiger charge is -2.23. The molecule has 2 aromatic heterocycles. The maximum atomic E-state index is 14.9. The van der Waals surface area contributed by atoms with Crippen LogP contribution in [0.25, 0.3) is 11.3 Å². The lowest BCUT2D eigenvalue weighted by molar-refractivity contribution is -0.141. The van der Waals surface area contributed by atoms with Crippen molar-refractivity contribution in [1.29, 1.82) is 0 Å². The second-order valence-corrected chi connectivity index (χ2v) is 10.8. The van der Waals surface area contributed by atoms with Crippen LogP contribution >= 0.6 is 0 Å². The smallest absolute Gasteiger partial charge is 0.298 e. The molecule has 0 radical (unpaired) electrons. The van der Waals surface area contributed by atoms with Crippen molar-refractivity contribution >= 4 is 15.8 Å². The van der Waals surface area contributed by atoms with E-state index in [1.165, 1.54) is 25.4 Å². The first-order valence-electron chi connectivity index (χ1n) is 11.1. The monoisotopic (exact) mass is 540 g/mol. The van der Waals surface area contributed by atoms with Gasteiger partial charge in [-0.1, -0.05) is 0 Å². The molecule has 0 spiro atoms. The van der Waals surface area contributed by atoms with Gasteiger partial charge in [-0.3, -0.25) is 9.78 Å². The lowest BCUT2D eigenvalue weighted by atomic mass is 9.99. The van der Waals surface area contributed by atoms with Gasteiger partial charge in [-0.25, -0.2) is 27.2 Å². The van der Waals surface area contributed by atoms with Crippen LogP contribution in [0, 0.1) is 5.82 Å². The fourth-order valence-electron chi connectivity index (χ4n) is 4.10. The first kappa shape index (κ1) is 26.7. The van der Waals surface area contributed by atoms with Crippen LogP contribution in [0.3, 0.4) is 0 Å². The quantitative estimate of drug-likeness (QED) is 0.413. The number of aromatic nitrogens is 3. The summed E-state index contributed by atoms with van der Waals surface area (Å²) in [7, 11) is -4.27. The number of aryl methyl sites for hydroxylation is 1. The Balaban J connectivity index is 1.49. The molecule has 4 rings (SSSR count). The van der Waals surface area contributed by atoms with Crippen LogP contribution in [-0.2, 0) is 27.4 Å². The van der Waals surface area contributed by atoms with Gasteiger partial charge in [0.15, 0.2) is 5.78 Å². The first-order chi connectivity index (χ1) is 17.3. The summed E-state index contributed by atoms with van der Waals surface area (Å²) in [5.41, 5.74) is -2.01. The van der Waals surface area contributed by atoms with E-state index in [1.807, 2.05) is 0 Å². The Morgan fingerprint density at radius 2 is 1.81 bits per heavy atom. The molecule has 2 atom stereocenters. The zero-order valence-corrected chi connectivity index (χ0v) is 20.2. The van der Waals surface area contributed by atoms with Gasteiger partial charge in [0.2, 0.25) is 10.0 Å². The summed E-state index contributed by atoms with van der Waals surface area (Å²) in [4.78, 5) is 24.3. The molecule has 1 aliphatic rings. The van der Waals surface area contributed by atoms with Crippen LogP contribution in [0.1, 0.15) is 31.2 Å². The highest BCUT2D eigenvalue weighted by molar-refractivity contribution is 7.89. The molecule has 1 aromatic carbocycles. The Kier molecular flexibility index (Phi) is 7.12. The number of carbonyl (C=O) groups excluding carboxylic acids is 1. The summed E-state index contributed by atoms with van der Waals surface area (Å²) in [6, 6.07) is 6.30. The van der Waals surface area contributed by atoms with E-state index in [2.05, 4.69) is 15.0 Å². The number of rotatable bonds is 7. The molecule has 0 amide bonds. The van der Waals surface area contributed by atoms with E-state index in [-0.39, 0.29) is 29.9 Å².